The molecule has 0 saturated carbocycles. The van der Waals surface area contributed by atoms with Crippen LogP contribution in [-0.4, -0.2) is 39.7 Å². The molecule has 8 nitrogen and oxygen atoms in total. The van der Waals surface area contributed by atoms with E-state index in [-0.39, 0.29) is 22.6 Å². The summed E-state index contributed by atoms with van der Waals surface area (Å²) in [6, 6.07) is 7.76. The van der Waals surface area contributed by atoms with E-state index in [0.29, 0.717) is 10.7 Å². The quantitative estimate of drug-likeness (QED) is 0.318. The van der Waals surface area contributed by atoms with E-state index in [9.17, 15) is 14.0 Å². The first-order valence-electron chi connectivity index (χ1n) is 10.4. The number of pyridine rings is 1. The number of hydrogen-bond donors (Lipinski definition) is 0. The Kier molecular flexibility index (Phi) is 9.03. The highest BCUT2D eigenvalue weighted by Crippen LogP contribution is 2.30. The van der Waals surface area contributed by atoms with Crippen molar-refractivity contribution < 1.29 is 23.5 Å². The largest absolute Gasteiger partial charge is 0.465 e. The van der Waals surface area contributed by atoms with Crippen molar-refractivity contribution in [3.8, 4) is 11.3 Å². The van der Waals surface area contributed by atoms with Crippen molar-refractivity contribution in [2.45, 2.75) is 40.2 Å². The number of ether oxygens (including phenoxy) is 2. The Morgan fingerprint density at radius 2 is 1.79 bits per heavy atom. The summed E-state index contributed by atoms with van der Waals surface area (Å²) >= 11 is 6.11. The molecule has 0 aliphatic carbocycles. The number of amides is 1. The summed E-state index contributed by atoms with van der Waals surface area (Å²) in [6.45, 7) is 9.17. The first kappa shape index (κ1) is 26.7. The van der Waals surface area contributed by atoms with Gasteiger partial charge in [-0.1, -0.05) is 31.5 Å². The molecular weight excluding hydrogens is 463 g/mol. The van der Waals surface area contributed by atoms with E-state index in [0.717, 1.165) is 6.20 Å². The Hall–Kier alpha value is -3.59. The van der Waals surface area contributed by atoms with Crippen LogP contribution in [0.4, 0.5) is 20.7 Å². The van der Waals surface area contributed by atoms with Crippen molar-refractivity contribution >= 4 is 35.2 Å². The van der Waals surface area contributed by atoms with Gasteiger partial charge in [0, 0.05) is 11.2 Å². The van der Waals surface area contributed by atoms with E-state index in [2.05, 4.69) is 19.7 Å². The van der Waals surface area contributed by atoms with Gasteiger partial charge in [-0.15, -0.1) is 0 Å². The van der Waals surface area contributed by atoms with E-state index in [4.69, 9.17) is 16.3 Å². The maximum absolute atomic E-state index is 14.5. The summed E-state index contributed by atoms with van der Waals surface area (Å²) in [6.07, 6.45) is 2.94. The van der Waals surface area contributed by atoms with Gasteiger partial charge >= 0.3 is 12.1 Å². The molecular formula is C24H26ClFN4O4. The zero-order valence-corrected chi connectivity index (χ0v) is 20.6. The molecule has 3 aromatic rings. The number of anilines is 2. The SMILES string of the molecule is CC.COC(=O)c1cnc(F)c(-c2cncc(N(C(=O)OC(C)(C)C)c3cccc(Cl)c3)n2)c1. The molecule has 0 bridgehead atoms. The van der Waals surface area contributed by atoms with Crippen molar-refractivity contribution in [3.05, 3.63) is 65.5 Å². The van der Waals surface area contributed by atoms with Gasteiger partial charge in [-0.2, -0.15) is 4.39 Å². The number of rotatable bonds is 4. The number of hydrogen-bond acceptors (Lipinski definition) is 7. The van der Waals surface area contributed by atoms with Gasteiger partial charge in [-0.25, -0.2) is 24.5 Å². The number of methoxy groups -OCH3 is 1. The lowest BCUT2D eigenvalue weighted by Crippen LogP contribution is -2.34. The predicted molar refractivity (Wildman–Crippen MR) is 128 cm³/mol. The van der Waals surface area contributed by atoms with Crippen LogP contribution in [-0.2, 0) is 9.47 Å². The van der Waals surface area contributed by atoms with Crippen molar-refractivity contribution in [3.63, 3.8) is 0 Å². The maximum Gasteiger partial charge on any atom is 0.420 e. The summed E-state index contributed by atoms with van der Waals surface area (Å²) in [5.41, 5.74) is -0.412. The molecule has 2 aromatic heterocycles. The van der Waals surface area contributed by atoms with Gasteiger partial charge in [0.25, 0.3) is 0 Å². The molecule has 10 heteroatoms. The van der Waals surface area contributed by atoms with Crippen LogP contribution in [0.3, 0.4) is 0 Å². The number of halogens is 2. The summed E-state index contributed by atoms with van der Waals surface area (Å²) in [4.78, 5) is 38.1. The molecule has 0 N–H and O–H groups in total. The third-order valence-corrected chi connectivity index (χ3v) is 4.26. The second-order valence-corrected chi connectivity index (χ2v) is 8.05. The fraction of sp³-hybridized carbons (Fsp3) is 0.292. The Balaban J connectivity index is 0.00000199. The maximum atomic E-state index is 14.5. The highest BCUT2D eigenvalue weighted by molar-refractivity contribution is 6.31. The first-order chi connectivity index (χ1) is 16.1. The minimum absolute atomic E-state index is 0.0370. The molecule has 0 aliphatic rings. The highest BCUT2D eigenvalue weighted by atomic mass is 35.5. The molecule has 0 atom stereocenters. The topological polar surface area (TPSA) is 94.5 Å². The number of aromatic nitrogens is 3. The molecule has 2 heterocycles. The molecule has 0 radical (unpaired) electrons. The van der Waals surface area contributed by atoms with Crippen molar-refractivity contribution in [2.24, 2.45) is 0 Å². The zero-order chi connectivity index (χ0) is 25.5. The van der Waals surface area contributed by atoms with Crippen LogP contribution < -0.4 is 4.90 Å². The van der Waals surface area contributed by atoms with Crippen LogP contribution in [0.5, 0.6) is 0 Å². The van der Waals surface area contributed by atoms with Crippen LogP contribution >= 0.6 is 11.6 Å². The summed E-state index contributed by atoms with van der Waals surface area (Å²) in [7, 11) is 1.20. The summed E-state index contributed by atoms with van der Waals surface area (Å²) in [5.74, 6) is -1.49. The van der Waals surface area contributed by atoms with Gasteiger partial charge in [0.2, 0.25) is 5.95 Å². The Morgan fingerprint density at radius 1 is 1.09 bits per heavy atom. The lowest BCUT2D eigenvalue weighted by atomic mass is 10.1. The van der Waals surface area contributed by atoms with Crippen LogP contribution in [0.15, 0.2) is 48.9 Å². The fourth-order valence-electron chi connectivity index (χ4n) is 2.70. The van der Waals surface area contributed by atoms with Crippen molar-refractivity contribution in [2.75, 3.05) is 12.0 Å². The van der Waals surface area contributed by atoms with Gasteiger partial charge in [-0.05, 0) is 45.0 Å². The van der Waals surface area contributed by atoms with E-state index in [1.54, 1.807) is 45.0 Å². The Morgan fingerprint density at radius 3 is 2.41 bits per heavy atom. The van der Waals surface area contributed by atoms with Crippen molar-refractivity contribution in [1.82, 2.24) is 15.0 Å². The van der Waals surface area contributed by atoms with Gasteiger partial charge < -0.3 is 9.47 Å². The normalized spacial score (nSPS) is 10.6. The Bertz CT molecular complexity index is 1170. The Labute approximate surface area is 202 Å². The fourth-order valence-corrected chi connectivity index (χ4v) is 2.89. The molecule has 34 heavy (non-hydrogen) atoms. The zero-order valence-electron chi connectivity index (χ0n) is 19.8. The predicted octanol–water partition coefficient (Wildman–Crippen LogP) is 6.22. The van der Waals surface area contributed by atoms with Gasteiger partial charge in [0.15, 0.2) is 5.82 Å². The average molecular weight is 489 g/mol. The standard InChI is InChI=1S/C22H20ClFN4O4.C2H6/c1-22(2,3)32-21(30)28(15-7-5-6-14(23)9-15)18-12-25-11-17(27-18)16-8-13(20(29)31-4)10-26-19(16)24;1-2/h5-12H,1-4H3;1-2H3. The van der Waals surface area contributed by atoms with E-state index < -0.39 is 23.6 Å². The van der Waals surface area contributed by atoms with E-state index in [1.165, 1.54) is 30.5 Å². The lowest BCUT2D eigenvalue weighted by Gasteiger charge is -2.27. The molecule has 0 spiro atoms. The van der Waals surface area contributed by atoms with Gasteiger partial charge in [0.05, 0.1) is 42.0 Å². The molecule has 0 fully saturated rings. The second kappa shape index (κ2) is 11.5. The van der Waals surface area contributed by atoms with Crippen molar-refractivity contribution in [1.29, 1.82) is 0 Å². The molecule has 1 aromatic carbocycles. The third-order valence-electron chi connectivity index (χ3n) is 4.03. The smallest absolute Gasteiger partial charge is 0.420 e. The summed E-state index contributed by atoms with van der Waals surface area (Å²) < 4.78 is 24.6. The highest BCUT2D eigenvalue weighted by Gasteiger charge is 2.27. The van der Waals surface area contributed by atoms with Crippen LogP contribution in [0.2, 0.25) is 5.02 Å². The molecule has 0 unspecified atom stereocenters. The number of nitrogens with zero attached hydrogens (tertiary/aromatic N) is 4. The number of benzene rings is 1. The number of carbonyl (C=O) groups excluding carboxylic acids is 2. The average Bonchev–Trinajstić information content (AvgIpc) is 2.79. The first-order valence-corrected chi connectivity index (χ1v) is 10.8. The van der Waals surface area contributed by atoms with Crippen LogP contribution in [0.25, 0.3) is 11.3 Å². The van der Waals surface area contributed by atoms with E-state index in [1.807, 2.05) is 13.8 Å². The van der Waals surface area contributed by atoms with E-state index >= 15 is 0 Å². The minimum atomic E-state index is -0.865. The molecule has 180 valence electrons. The lowest BCUT2D eigenvalue weighted by molar-refractivity contribution is 0.0589. The number of esters is 1. The van der Waals surface area contributed by atoms with Gasteiger partial charge in [-0.3, -0.25) is 4.98 Å². The van der Waals surface area contributed by atoms with Gasteiger partial charge in [0.1, 0.15) is 5.60 Å². The van der Waals surface area contributed by atoms with Crippen LogP contribution in [0, 0.1) is 5.95 Å². The number of carbonyl (C=O) groups is 2. The molecule has 0 saturated heterocycles. The monoisotopic (exact) mass is 488 g/mol. The summed E-state index contributed by atoms with van der Waals surface area (Å²) in [5, 5.41) is 0.390. The van der Waals surface area contributed by atoms with Crippen LogP contribution in [0.1, 0.15) is 45.0 Å². The molecule has 3 rings (SSSR count). The molecule has 0 aliphatic heterocycles. The second-order valence-electron chi connectivity index (χ2n) is 7.61. The molecule has 1 amide bonds. The minimum Gasteiger partial charge on any atom is -0.465 e. The third kappa shape index (κ3) is 6.71.